The summed E-state index contributed by atoms with van der Waals surface area (Å²) in [6.07, 6.45) is -1.24. The van der Waals surface area contributed by atoms with Gasteiger partial charge in [0.25, 0.3) is 0 Å². The van der Waals surface area contributed by atoms with E-state index in [0.717, 1.165) is 0 Å². The van der Waals surface area contributed by atoms with Crippen LogP contribution in [0.2, 0.25) is 0 Å². The summed E-state index contributed by atoms with van der Waals surface area (Å²) in [6.45, 7) is 3.77. The van der Waals surface area contributed by atoms with Crippen LogP contribution in [0.25, 0.3) is 0 Å². The van der Waals surface area contributed by atoms with E-state index < -0.39 is 12.4 Å². The van der Waals surface area contributed by atoms with Crippen LogP contribution < -0.4 is 0 Å². The summed E-state index contributed by atoms with van der Waals surface area (Å²) in [5, 5.41) is 0. The predicted octanol–water partition coefficient (Wildman–Crippen LogP) is 1.40. The molecule has 11 heavy (non-hydrogen) atoms. The van der Waals surface area contributed by atoms with Gasteiger partial charge in [-0.2, -0.15) is 0 Å². The molecule has 0 saturated heterocycles. The average molecular weight is 162 g/mol. The van der Waals surface area contributed by atoms with Gasteiger partial charge in [-0.3, -0.25) is 0 Å². The maximum atomic E-state index is 10.6. The molecular formula is C7H14O4. The largest absolute Gasteiger partial charge is 0.510 e. The third-order valence-corrected chi connectivity index (χ3v) is 1.16. The van der Waals surface area contributed by atoms with Gasteiger partial charge >= 0.3 is 6.16 Å². The Morgan fingerprint density at radius 1 is 1.27 bits per heavy atom. The number of rotatable bonds is 3. The Balaban J connectivity index is 3.78. The van der Waals surface area contributed by atoms with Gasteiger partial charge in [0.2, 0.25) is 6.29 Å². The molecule has 0 aliphatic carbocycles. The molecule has 0 spiro atoms. The molecule has 0 heterocycles. The van der Waals surface area contributed by atoms with Gasteiger partial charge in [0, 0.05) is 13.0 Å². The summed E-state index contributed by atoms with van der Waals surface area (Å²) in [7, 11) is 2.74. The fourth-order valence-corrected chi connectivity index (χ4v) is 0.599. The molecule has 4 nitrogen and oxygen atoms in total. The SMILES string of the molecule is COC(=O)OC(OC)C(C)C. The van der Waals surface area contributed by atoms with Crippen LogP contribution in [0.1, 0.15) is 13.8 Å². The van der Waals surface area contributed by atoms with Crippen molar-refractivity contribution in [1.29, 1.82) is 0 Å². The average Bonchev–Trinajstić information content (AvgIpc) is 1.99. The van der Waals surface area contributed by atoms with Gasteiger partial charge in [-0.25, -0.2) is 4.79 Å². The number of carbonyl (C=O) groups excluding carboxylic acids is 1. The van der Waals surface area contributed by atoms with Crippen molar-refractivity contribution in [1.82, 2.24) is 0 Å². The fourth-order valence-electron chi connectivity index (χ4n) is 0.599. The van der Waals surface area contributed by atoms with Crippen molar-refractivity contribution in [3.63, 3.8) is 0 Å². The van der Waals surface area contributed by atoms with E-state index in [0.29, 0.717) is 0 Å². The molecule has 0 N–H and O–H groups in total. The second kappa shape index (κ2) is 4.96. The van der Waals surface area contributed by atoms with Crippen LogP contribution in [0, 0.1) is 5.92 Å². The van der Waals surface area contributed by atoms with Crippen LogP contribution in [0.5, 0.6) is 0 Å². The van der Waals surface area contributed by atoms with E-state index in [2.05, 4.69) is 4.74 Å². The van der Waals surface area contributed by atoms with Crippen LogP contribution in [-0.2, 0) is 14.2 Å². The molecule has 0 amide bonds. The molecule has 0 aromatic heterocycles. The number of carbonyl (C=O) groups is 1. The van der Waals surface area contributed by atoms with Crippen molar-refractivity contribution in [2.24, 2.45) is 5.92 Å². The molecule has 0 radical (unpaired) electrons. The highest BCUT2D eigenvalue weighted by atomic mass is 16.8. The first-order chi connectivity index (χ1) is 5.11. The third kappa shape index (κ3) is 3.83. The lowest BCUT2D eigenvalue weighted by Gasteiger charge is -2.17. The Hall–Kier alpha value is -0.770. The molecule has 0 aromatic carbocycles. The monoisotopic (exact) mass is 162 g/mol. The minimum Gasteiger partial charge on any atom is -0.438 e. The van der Waals surface area contributed by atoms with E-state index in [9.17, 15) is 4.79 Å². The Kier molecular flexibility index (Phi) is 4.61. The molecule has 0 saturated carbocycles. The summed E-state index contributed by atoms with van der Waals surface area (Å²) in [6, 6.07) is 0. The second-order valence-corrected chi connectivity index (χ2v) is 2.42. The summed E-state index contributed by atoms with van der Waals surface area (Å²) >= 11 is 0. The zero-order valence-corrected chi connectivity index (χ0v) is 7.29. The standard InChI is InChI=1S/C7H14O4/c1-5(2)6(9-3)11-7(8)10-4/h5-6H,1-4H3. The highest BCUT2D eigenvalue weighted by Crippen LogP contribution is 2.07. The number of hydrogen-bond donors (Lipinski definition) is 0. The van der Waals surface area contributed by atoms with E-state index in [4.69, 9.17) is 9.47 Å². The summed E-state index contributed by atoms with van der Waals surface area (Å²) < 4.78 is 13.9. The smallest absolute Gasteiger partial charge is 0.438 e. The first kappa shape index (κ1) is 10.2. The van der Waals surface area contributed by atoms with Crippen molar-refractivity contribution < 1.29 is 19.0 Å². The predicted molar refractivity (Wildman–Crippen MR) is 39.1 cm³/mol. The van der Waals surface area contributed by atoms with Crippen molar-refractivity contribution in [2.75, 3.05) is 14.2 Å². The maximum Gasteiger partial charge on any atom is 0.510 e. The van der Waals surface area contributed by atoms with E-state index in [-0.39, 0.29) is 5.92 Å². The number of ether oxygens (including phenoxy) is 3. The van der Waals surface area contributed by atoms with Crippen LogP contribution >= 0.6 is 0 Å². The summed E-state index contributed by atoms with van der Waals surface area (Å²) in [4.78, 5) is 10.6. The van der Waals surface area contributed by atoms with Gasteiger partial charge in [-0.15, -0.1) is 0 Å². The molecule has 4 heteroatoms. The van der Waals surface area contributed by atoms with E-state index in [1.54, 1.807) is 0 Å². The Morgan fingerprint density at radius 2 is 1.82 bits per heavy atom. The fraction of sp³-hybridized carbons (Fsp3) is 0.857. The molecule has 1 atom stereocenters. The zero-order valence-electron chi connectivity index (χ0n) is 7.29. The normalized spacial score (nSPS) is 12.8. The van der Waals surface area contributed by atoms with Gasteiger partial charge in [-0.05, 0) is 0 Å². The molecule has 0 rings (SSSR count). The number of methoxy groups -OCH3 is 2. The van der Waals surface area contributed by atoms with Crippen molar-refractivity contribution >= 4 is 6.16 Å². The van der Waals surface area contributed by atoms with Crippen LogP contribution in [0.15, 0.2) is 0 Å². The van der Waals surface area contributed by atoms with Crippen LogP contribution in [-0.4, -0.2) is 26.7 Å². The molecule has 0 aliphatic rings. The summed E-state index contributed by atoms with van der Waals surface area (Å²) in [5.41, 5.74) is 0. The molecule has 0 bridgehead atoms. The molecular weight excluding hydrogens is 148 g/mol. The Morgan fingerprint density at radius 3 is 2.09 bits per heavy atom. The molecule has 66 valence electrons. The second-order valence-electron chi connectivity index (χ2n) is 2.42. The first-order valence-electron chi connectivity index (χ1n) is 3.39. The molecule has 0 aromatic rings. The van der Waals surface area contributed by atoms with Gasteiger partial charge < -0.3 is 14.2 Å². The van der Waals surface area contributed by atoms with Gasteiger partial charge in [0.15, 0.2) is 0 Å². The van der Waals surface area contributed by atoms with Gasteiger partial charge in [0.05, 0.1) is 7.11 Å². The molecule has 1 unspecified atom stereocenters. The van der Waals surface area contributed by atoms with Crippen LogP contribution in [0.3, 0.4) is 0 Å². The van der Waals surface area contributed by atoms with Crippen molar-refractivity contribution in [3.8, 4) is 0 Å². The highest BCUT2D eigenvalue weighted by Gasteiger charge is 2.17. The quantitative estimate of drug-likeness (QED) is 0.464. The summed E-state index contributed by atoms with van der Waals surface area (Å²) in [5.74, 6) is 0.124. The van der Waals surface area contributed by atoms with E-state index >= 15 is 0 Å². The van der Waals surface area contributed by atoms with Crippen molar-refractivity contribution in [3.05, 3.63) is 0 Å². The molecule has 0 aliphatic heterocycles. The highest BCUT2D eigenvalue weighted by molar-refractivity contribution is 5.59. The third-order valence-electron chi connectivity index (χ3n) is 1.16. The minimum absolute atomic E-state index is 0.124. The maximum absolute atomic E-state index is 10.6. The van der Waals surface area contributed by atoms with Crippen LogP contribution in [0.4, 0.5) is 4.79 Å². The lowest BCUT2D eigenvalue weighted by molar-refractivity contribution is -0.124. The lowest BCUT2D eigenvalue weighted by atomic mass is 10.2. The van der Waals surface area contributed by atoms with Gasteiger partial charge in [0.1, 0.15) is 0 Å². The van der Waals surface area contributed by atoms with Gasteiger partial charge in [-0.1, -0.05) is 13.8 Å². The zero-order chi connectivity index (χ0) is 8.85. The molecule has 0 fully saturated rings. The number of hydrogen-bond acceptors (Lipinski definition) is 4. The Labute approximate surface area is 66.4 Å². The van der Waals surface area contributed by atoms with E-state index in [1.807, 2.05) is 13.8 Å². The minimum atomic E-state index is -0.717. The van der Waals surface area contributed by atoms with Crippen molar-refractivity contribution in [2.45, 2.75) is 20.1 Å². The lowest BCUT2D eigenvalue weighted by Crippen LogP contribution is -2.25. The first-order valence-corrected chi connectivity index (χ1v) is 3.39. The topological polar surface area (TPSA) is 44.8 Å². The van der Waals surface area contributed by atoms with E-state index in [1.165, 1.54) is 14.2 Å². The Bertz CT molecular complexity index is 122.